The Bertz CT molecular complexity index is 1380. The zero-order valence-corrected chi connectivity index (χ0v) is 23.7. The normalized spacial score (nSPS) is 12.8. The molecule has 2 heterocycles. The van der Waals surface area contributed by atoms with Crippen LogP contribution in [0.2, 0.25) is 0 Å². The van der Waals surface area contributed by atoms with Crippen LogP contribution < -0.4 is 15.6 Å². The Labute approximate surface area is 236 Å². The monoisotopic (exact) mass is 591 g/mol. The highest BCUT2D eigenvalue weighted by atomic mass is 31.1. The number of carbonyl (C=O) groups is 3. The highest BCUT2D eigenvalue weighted by Crippen LogP contribution is 2.33. The number of rotatable bonds is 13. The molecule has 16 heteroatoms. The van der Waals surface area contributed by atoms with Gasteiger partial charge in [0, 0.05) is 12.2 Å². The van der Waals surface area contributed by atoms with Crippen molar-refractivity contribution in [1.29, 1.82) is 0 Å². The zero-order chi connectivity index (χ0) is 30.5. The molecule has 2 aromatic heterocycles. The van der Waals surface area contributed by atoms with Gasteiger partial charge in [0.05, 0.1) is 30.8 Å². The molecule has 0 saturated heterocycles. The topological polar surface area (TPSA) is 218 Å². The van der Waals surface area contributed by atoms with Gasteiger partial charge in [-0.3, -0.25) is 4.52 Å². The zero-order valence-electron chi connectivity index (χ0n) is 22.8. The number of carboxylic acid groups (broad SMARTS) is 2. The number of nitrogens with zero attached hydrogens (tertiary/aromatic N) is 4. The molecule has 0 aliphatic carbocycles. The van der Waals surface area contributed by atoms with Crippen LogP contribution in [0.4, 0.5) is 11.5 Å². The molecule has 0 saturated carbocycles. The number of nitrogen functional groups attached to an aromatic ring is 1. The number of carbonyl (C=O) groups excluding carboxylic acids is 1. The molecule has 5 N–H and O–H groups in total. The third-order valence-corrected chi connectivity index (χ3v) is 5.64. The van der Waals surface area contributed by atoms with Crippen LogP contribution in [0, 0.1) is 0 Å². The molecule has 15 nitrogen and oxygen atoms in total. The molecule has 1 aromatic carbocycles. The van der Waals surface area contributed by atoms with Crippen molar-refractivity contribution in [3.05, 3.63) is 49.1 Å². The van der Waals surface area contributed by atoms with Crippen molar-refractivity contribution < 1.29 is 43.2 Å². The molecule has 0 radical (unpaired) electrons. The van der Waals surface area contributed by atoms with Crippen molar-refractivity contribution in [1.82, 2.24) is 19.5 Å². The van der Waals surface area contributed by atoms with E-state index in [2.05, 4.69) is 20.3 Å². The molecular formula is C25H32N6O9P+. The lowest BCUT2D eigenvalue weighted by molar-refractivity contribution is -0.148. The Hall–Kier alpha value is -4.62. The number of para-hydroxylation sites is 2. The molecular weight excluding hydrogens is 559 g/mol. The van der Waals surface area contributed by atoms with Crippen molar-refractivity contribution in [3.8, 4) is 5.75 Å². The summed E-state index contributed by atoms with van der Waals surface area (Å²) in [6.07, 6.45) is 3.48. The minimum absolute atomic E-state index is 0.112. The first kappa shape index (κ1) is 32.6. The van der Waals surface area contributed by atoms with Gasteiger partial charge in [-0.25, -0.2) is 29.3 Å². The first-order valence-corrected chi connectivity index (χ1v) is 13.6. The van der Waals surface area contributed by atoms with Gasteiger partial charge in [-0.05, 0) is 44.4 Å². The van der Waals surface area contributed by atoms with Gasteiger partial charge in [-0.15, -0.1) is 0 Å². The number of esters is 1. The van der Waals surface area contributed by atoms with Crippen LogP contribution in [0.25, 0.3) is 11.2 Å². The standard InChI is InChI=1S/C21H28N6O5P.C4H4O4/c1-13(2)31-21(28)15(4)26-16-7-5-6-8-17(16)32-33(29)12-30-14(3)9-27-11-25-18-19(22)23-10-24-20(18)27;5-3(6)1-2-4(7)8/h5-8,10-11,13-15,26H,9,12H2,1-4H3,(H2,22,23,24);1-2H,(H,5,6)(H,7,8)/q+1;/b;2-1+/t14?,15-;/m0./s1. The number of benzene rings is 1. The first-order valence-electron chi connectivity index (χ1n) is 12.2. The van der Waals surface area contributed by atoms with E-state index < -0.39 is 26.0 Å². The van der Waals surface area contributed by atoms with Crippen LogP contribution in [0.1, 0.15) is 27.7 Å². The first-order chi connectivity index (χ1) is 19.4. The van der Waals surface area contributed by atoms with Crippen LogP contribution in [-0.2, 0) is 35.0 Å². The van der Waals surface area contributed by atoms with Crippen molar-refractivity contribution >= 4 is 48.6 Å². The van der Waals surface area contributed by atoms with E-state index in [4.69, 9.17) is 29.9 Å². The number of nitrogens with two attached hydrogens (primary N) is 1. The molecule has 3 atom stereocenters. The van der Waals surface area contributed by atoms with Crippen LogP contribution in [-0.4, -0.2) is 72.2 Å². The predicted molar refractivity (Wildman–Crippen MR) is 149 cm³/mol. The fraction of sp³-hybridized carbons (Fsp3) is 0.360. The fourth-order valence-corrected chi connectivity index (χ4v) is 3.93. The second-order valence-corrected chi connectivity index (χ2v) is 9.82. The van der Waals surface area contributed by atoms with E-state index in [1.807, 2.05) is 6.92 Å². The Balaban J connectivity index is 0.000000642. The lowest BCUT2D eigenvalue weighted by atomic mass is 10.2. The number of aromatic nitrogens is 4. The number of fused-ring (bicyclic) bond motifs is 1. The summed E-state index contributed by atoms with van der Waals surface area (Å²) in [6, 6.07) is 6.34. The van der Waals surface area contributed by atoms with Gasteiger partial charge in [0.1, 0.15) is 17.9 Å². The summed E-state index contributed by atoms with van der Waals surface area (Å²) in [6.45, 7) is 7.53. The Morgan fingerprint density at radius 3 is 2.37 bits per heavy atom. The molecule has 220 valence electrons. The van der Waals surface area contributed by atoms with Crippen LogP contribution >= 0.6 is 8.03 Å². The molecule has 0 aliphatic rings. The van der Waals surface area contributed by atoms with Crippen LogP contribution in [0.15, 0.2) is 49.1 Å². The van der Waals surface area contributed by atoms with E-state index in [0.717, 1.165) is 0 Å². The molecule has 0 spiro atoms. The fourth-order valence-electron chi connectivity index (χ4n) is 3.12. The van der Waals surface area contributed by atoms with Crippen LogP contribution in [0.3, 0.4) is 0 Å². The largest absolute Gasteiger partial charge is 0.585 e. The molecule has 0 bridgehead atoms. The molecule has 0 aliphatic heterocycles. The van der Waals surface area contributed by atoms with E-state index in [0.29, 0.717) is 47.1 Å². The Kier molecular flexibility index (Phi) is 12.6. The van der Waals surface area contributed by atoms with Gasteiger partial charge in [-0.2, -0.15) is 0 Å². The van der Waals surface area contributed by atoms with Gasteiger partial charge in [0.2, 0.25) is 5.75 Å². The number of hydrogen-bond donors (Lipinski definition) is 4. The van der Waals surface area contributed by atoms with E-state index in [9.17, 15) is 18.9 Å². The summed E-state index contributed by atoms with van der Waals surface area (Å²) in [5.74, 6) is -2.24. The number of ether oxygens (including phenoxy) is 2. The molecule has 41 heavy (non-hydrogen) atoms. The summed E-state index contributed by atoms with van der Waals surface area (Å²) < 4.78 is 30.8. The van der Waals surface area contributed by atoms with Gasteiger partial charge < -0.3 is 35.3 Å². The summed E-state index contributed by atoms with van der Waals surface area (Å²) in [4.78, 5) is 43.5. The average Bonchev–Trinajstić information content (AvgIpc) is 3.31. The maximum atomic E-state index is 12.5. The second kappa shape index (κ2) is 15.8. The quantitative estimate of drug-likeness (QED) is 0.128. The van der Waals surface area contributed by atoms with Crippen molar-refractivity contribution in [2.75, 3.05) is 17.4 Å². The molecule has 3 aromatic rings. The van der Waals surface area contributed by atoms with Crippen molar-refractivity contribution in [2.45, 2.75) is 52.5 Å². The lowest BCUT2D eigenvalue weighted by Crippen LogP contribution is -2.30. The number of nitrogens with one attached hydrogen (secondary N) is 1. The van der Waals surface area contributed by atoms with Gasteiger partial charge in [-0.1, -0.05) is 12.1 Å². The average molecular weight is 592 g/mol. The van der Waals surface area contributed by atoms with E-state index >= 15 is 0 Å². The number of hydrogen-bond acceptors (Lipinski definition) is 12. The lowest BCUT2D eigenvalue weighted by Gasteiger charge is -2.17. The van der Waals surface area contributed by atoms with Gasteiger partial charge >= 0.3 is 25.9 Å². The minimum Gasteiger partial charge on any atom is -0.478 e. The van der Waals surface area contributed by atoms with E-state index in [1.54, 1.807) is 55.9 Å². The van der Waals surface area contributed by atoms with Crippen LogP contribution in [0.5, 0.6) is 5.75 Å². The Morgan fingerprint density at radius 2 is 1.73 bits per heavy atom. The predicted octanol–water partition coefficient (Wildman–Crippen LogP) is 3.06. The minimum atomic E-state index is -2.16. The van der Waals surface area contributed by atoms with E-state index in [1.165, 1.54) is 6.33 Å². The van der Waals surface area contributed by atoms with Gasteiger partial charge in [0.15, 0.2) is 11.5 Å². The summed E-state index contributed by atoms with van der Waals surface area (Å²) >= 11 is 0. The smallest absolute Gasteiger partial charge is 0.478 e. The number of carboxylic acids is 2. The second-order valence-electron chi connectivity index (χ2n) is 8.72. The number of imidazole rings is 1. The van der Waals surface area contributed by atoms with Crippen molar-refractivity contribution in [3.63, 3.8) is 0 Å². The molecule has 3 rings (SSSR count). The maximum Gasteiger partial charge on any atom is 0.585 e. The van der Waals surface area contributed by atoms with Gasteiger partial charge in [0.25, 0.3) is 6.35 Å². The number of anilines is 2. The summed E-state index contributed by atoms with van der Waals surface area (Å²) in [5, 5.41) is 18.7. The third kappa shape index (κ3) is 11.2. The number of aliphatic carboxylic acids is 2. The summed E-state index contributed by atoms with van der Waals surface area (Å²) in [7, 11) is -2.16. The third-order valence-electron chi connectivity index (χ3n) is 4.88. The molecule has 2 unspecified atom stereocenters. The molecule has 0 amide bonds. The maximum absolute atomic E-state index is 12.5. The van der Waals surface area contributed by atoms with Crippen molar-refractivity contribution in [2.24, 2.45) is 0 Å². The Morgan fingerprint density at radius 1 is 1.07 bits per heavy atom. The SMILES string of the molecule is CC(C)OC(=O)[C@H](C)Nc1ccccc1O[P+](=O)COC(C)Cn1cnc2c(N)ncnc21.O=C(O)/C=C/C(=O)O. The molecule has 0 fully saturated rings. The highest BCUT2D eigenvalue weighted by Gasteiger charge is 2.25. The summed E-state index contributed by atoms with van der Waals surface area (Å²) in [5.41, 5.74) is 7.46. The highest BCUT2D eigenvalue weighted by molar-refractivity contribution is 7.39. The van der Waals surface area contributed by atoms with E-state index in [-0.39, 0.29) is 24.5 Å².